The Kier molecular flexibility index (Phi) is 3.30. The molecule has 0 aliphatic rings. The zero-order valence-corrected chi connectivity index (χ0v) is 9.14. The summed E-state index contributed by atoms with van der Waals surface area (Å²) in [5, 5.41) is 0. The van der Waals surface area contributed by atoms with Gasteiger partial charge < -0.3 is 0 Å². The zero-order valence-electron chi connectivity index (χ0n) is 9.14. The van der Waals surface area contributed by atoms with E-state index in [1.165, 1.54) is 0 Å². The predicted octanol–water partition coefficient (Wildman–Crippen LogP) is 2.91. The molecule has 0 spiro atoms. The SMILES string of the molecule is CCC#Cc1ccc(-c2ncccn2)cc1. The molecule has 0 N–H and O–H groups in total. The Hall–Kier alpha value is -2.14. The fourth-order valence-electron chi connectivity index (χ4n) is 1.34. The van der Waals surface area contributed by atoms with Gasteiger partial charge in [0.25, 0.3) is 0 Å². The first kappa shape index (κ1) is 10.4. The first-order valence-corrected chi connectivity index (χ1v) is 5.26. The van der Waals surface area contributed by atoms with Gasteiger partial charge in [0.15, 0.2) is 5.82 Å². The lowest BCUT2D eigenvalue weighted by atomic mass is 10.1. The van der Waals surface area contributed by atoms with Crippen LogP contribution in [0.4, 0.5) is 0 Å². The van der Waals surface area contributed by atoms with Crippen LogP contribution in [0.3, 0.4) is 0 Å². The minimum Gasteiger partial charge on any atom is -0.237 e. The largest absolute Gasteiger partial charge is 0.237 e. The van der Waals surface area contributed by atoms with Crippen molar-refractivity contribution in [2.24, 2.45) is 0 Å². The third-order valence-corrected chi connectivity index (χ3v) is 2.12. The molecule has 2 nitrogen and oxygen atoms in total. The van der Waals surface area contributed by atoms with Gasteiger partial charge in [-0.2, -0.15) is 0 Å². The third kappa shape index (κ3) is 2.46. The summed E-state index contributed by atoms with van der Waals surface area (Å²) in [6.45, 7) is 2.04. The van der Waals surface area contributed by atoms with Gasteiger partial charge in [-0.3, -0.25) is 0 Å². The molecule has 0 bridgehead atoms. The highest BCUT2D eigenvalue weighted by molar-refractivity contribution is 5.56. The highest BCUT2D eigenvalue weighted by Gasteiger charge is 1.98. The van der Waals surface area contributed by atoms with E-state index < -0.39 is 0 Å². The van der Waals surface area contributed by atoms with Crippen molar-refractivity contribution in [1.82, 2.24) is 9.97 Å². The van der Waals surface area contributed by atoms with E-state index in [0.29, 0.717) is 0 Å². The van der Waals surface area contributed by atoms with Crippen LogP contribution in [0.5, 0.6) is 0 Å². The number of aromatic nitrogens is 2. The van der Waals surface area contributed by atoms with E-state index in [9.17, 15) is 0 Å². The normalized spacial score (nSPS) is 9.31. The van der Waals surface area contributed by atoms with E-state index in [1.807, 2.05) is 37.3 Å². The van der Waals surface area contributed by atoms with Gasteiger partial charge in [0.2, 0.25) is 0 Å². The van der Waals surface area contributed by atoms with Gasteiger partial charge in [-0.15, -0.1) is 0 Å². The highest BCUT2D eigenvalue weighted by Crippen LogP contribution is 2.13. The monoisotopic (exact) mass is 208 g/mol. The lowest BCUT2D eigenvalue weighted by Crippen LogP contribution is -1.86. The fourth-order valence-corrected chi connectivity index (χ4v) is 1.34. The molecule has 16 heavy (non-hydrogen) atoms. The van der Waals surface area contributed by atoms with Crippen LogP contribution in [0.1, 0.15) is 18.9 Å². The molecule has 78 valence electrons. The Bertz CT molecular complexity index is 504. The summed E-state index contributed by atoms with van der Waals surface area (Å²) in [6.07, 6.45) is 4.36. The van der Waals surface area contributed by atoms with Crippen LogP contribution in [-0.4, -0.2) is 9.97 Å². The van der Waals surface area contributed by atoms with Crippen molar-refractivity contribution in [3.8, 4) is 23.2 Å². The second kappa shape index (κ2) is 5.09. The summed E-state index contributed by atoms with van der Waals surface area (Å²) >= 11 is 0. The molecule has 0 unspecified atom stereocenters. The molecule has 0 radical (unpaired) electrons. The number of rotatable bonds is 1. The van der Waals surface area contributed by atoms with Crippen LogP contribution in [0.15, 0.2) is 42.7 Å². The first-order chi connectivity index (χ1) is 7.90. The van der Waals surface area contributed by atoms with E-state index in [1.54, 1.807) is 12.4 Å². The van der Waals surface area contributed by atoms with Crippen LogP contribution in [0.25, 0.3) is 11.4 Å². The van der Waals surface area contributed by atoms with Crippen molar-refractivity contribution in [3.63, 3.8) is 0 Å². The molecule has 0 atom stereocenters. The topological polar surface area (TPSA) is 25.8 Å². The Morgan fingerprint density at radius 3 is 2.38 bits per heavy atom. The van der Waals surface area contributed by atoms with Crippen LogP contribution in [0, 0.1) is 11.8 Å². The molecule has 1 aromatic carbocycles. The van der Waals surface area contributed by atoms with Gasteiger partial charge in [0.05, 0.1) is 0 Å². The van der Waals surface area contributed by atoms with Gasteiger partial charge in [0.1, 0.15) is 0 Å². The maximum atomic E-state index is 4.19. The molecule has 0 saturated heterocycles. The number of nitrogens with zero attached hydrogens (tertiary/aromatic N) is 2. The van der Waals surface area contributed by atoms with Gasteiger partial charge in [-0.25, -0.2) is 9.97 Å². The Labute approximate surface area is 95.4 Å². The standard InChI is InChI=1S/C14H12N2/c1-2-3-5-12-6-8-13(9-7-12)14-15-10-4-11-16-14/h4,6-11H,2H2,1H3. The second-order valence-electron chi connectivity index (χ2n) is 3.31. The summed E-state index contributed by atoms with van der Waals surface area (Å²) in [4.78, 5) is 8.39. The van der Waals surface area contributed by atoms with E-state index in [-0.39, 0.29) is 0 Å². The molecular formula is C14H12N2. The molecule has 2 aromatic rings. The maximum absolute atomic E-state index is 4.19. The summed E-state index contributed by atoms with van der Waals surface area (Å²) < 4.78 is 0. The van der Waals surface area contributed by atoms with Gasteiger partial charge in [-0.1, -0.05) is 18.8 Å². The minimum atomic E-state index is 0.748. The predicted molar refractivity (Wildman–Crippen MR) is 64.6 cm³/mol. The van der Waals surface area contributed by atoms with Crippen molar-refractivity contribution in [3.05, 3.63) is 48.3 Å². The second-order valence-corrected chi connectivity index (χ2v) is 3.31. The fraction of sp³-hybridized carbons (Fsp3) is 0.143. The van der Waals surface area contributed by atoms with E-state index in [0.717, 1.165) is 23.4 Å². The molecule has 0 aliphatic heterocycles. The number of benzene rings is 1. The first-order valence-electron chi connectivity index (χ1n) is 5.26. The van der Waals surface area contributed by atoms with Gasteiger partial charge in [-0.05, 0) is 30.3 Å². The molecule has 1 heterocycles. The molecule has 1 aromatic heterocycles. The van der Waals surface area contributed by atoms with Crippen LogP contribution >= 0.6 is 0 Å². The summed E-state index contributed by atoms with van der Waals surface area (Å²) in [7, 11) is 0. The average molecular weight is 208 g/mol. The molecule has 2 rings (SSSR count). The van der Waals surface area contributed by atoms with Crippen molar-refractivity contribution < 1.29 is 0 Å². The molecule has 2 heteroatoms. The lowest BCUT2D eigenvalue weighted by molar-refractivity contribution is 1.18. The van der Waals surface area contributed by atoms with E-state index in [4.69, 9.17) is 0 Å². The molecular weight excluding hydrogens is 196 g/mol. The van der Waals surface area contributed by atoms with Crippen LogP contribution < -0.4 is 0 Å². The summed E-state index contributed by atoms with van der Waals surface area (Å²) in [5.41, 5.74) is 2.05. The molecule has 0 saturated carbocycles. The Morgan fingerprint density at radius 2 is 1.75 bits per heavy atom. The zero-order chi connectivity index (χ0) is 11.2. The third-order valence-electron chi connectivity index (χ3n) is 2.12. The van der Waals surface area contributed by atoms with E-state index in [2.05, 4.69) is 21.8 Å². The Balaban J connectivity index is 2.26. The molecule has 0 aliphatic carbocycles. The number of hydrogen-bond donors (Lipinski definition) is 0. The highest BCUT2D eigenvalue weighted by atomic mass is 14.8. The van der Waals surface area contributed by atoms with Gasteiger partial charge in [0, 0.05) is 29.9 Å². The summed E-state index contributed by atoms with van der Waals surface area (Å²) in [5.74, 6) is 6.87. The minimum absolute atomic E-state index is 0.748. The van der Waals surface area contributed by atoms with Gasteiger partial charge >= 0.3 is 0 Å². The molecule has 0 fully saturated rings. The smallest absolute Gasteiger partial charge is 0.159 e. The van der Waals surface area contributed by atoms with Crippen molar-refractivity contribution in [2.75, 3.05) is 0 Å². The maximum Gasteiger partial charge on any atom is 0.159 e. The van der Waals surface area contributed by atoms with Crippen LogP contribution in [0.2, 0.25) is 0 Å². The average Bonchev–Trinajstić information content (AvgIpc) is 2.38. The van der Waals surface area contributed by atoms with Crippen molar-refractivity contribution in [1.29, 1.82) is 0 Å². The Morgan fingerprint density at radius 1 is 1.06 bits per heavy atom. The summed E-state index contributed by atoms with van der Waals surface area (Å²) in [6, 6.07) is 9.79. The van der Waals surface area contributed by atoms with E-state index >= 15 is 0 Å². The quantitative estimate of drug-likeness (QED) is 0.673. The van der Waals surface area contributed by atoms with Crippen molar-refractivity contribution >= 4 is 0 Å². The lowest BCUT2D eigenvalue weighted by Gasteiger charge is -1.98. The van der Waals surface area contributed by atoms with Crippen LogP contribution in [-0.2, 0) is 0 Å². The number of hydrogen-bond acceptors (Lipinski definition) is 2. The van der Waals surface area contributed by atoms with Crippen molar-refractivity contribution in [2.45, 2.75) is 13.3 Å². The molecule has 0 amide bonds.